The van der Waals surface area contributed by atoms with Gasteiger partial charge in [0.15, 0.2) is 5.16 Å². The topological polar surface area (TPSA) is 52.4 Å². The lowest BCUT2D eigenvalue weighted by molar-refractivity contribution is 0.0799. The number of anilines is 1. The van der Waals surface area contributed by atoms with Crippen molar-refractivity contribution in [3.63, 3.8) is 0 Å². The third-order valence-corrected chi connectivity index (χ3v) is 4.56. The van der Waals surface area contributed by atoms with Crippen LogP contribution in [0.2, 0.25) is 0 Å². The minimum atomic E-state index is 0.303. The molecule has 1 aliphatic heterocycles. The molecule has 1 saturated heterocycles. The van der Waals surface area contributed by atoms with Crippen LogP contribution >= 0.6 is 11.8 Å². The molecule has 6 nitrogen and oxygen atoms in total. The van der Waals surface area contributed by atoms with E-state index < -0.39 is 0 Å². The molecule has 0 spiro atoms. The Morgan fingerprint density at radius 2 is 1.91 bits per heavy atom. The molecule has 2 rings (SSSR count). The third-order valence-electron chi connectivity index (χ3n) is 3.51. The highest BCUT2D eigenvalue weighted by Crippen LogP contribution is 2.24. The van der Waals surface area contributed by atoms with E-state index in [1.165, 1.54) is 0 Å². The van der Waals surface area contributed by atoms with Gasteiger partial charge in [0, 0.05) is 32.0 Å². The van der Waals surface area contributed by atoms with Gasteiger partial charge in [-0.15, -0.1) is 10.2 Å². The molecule has 2 heterocycles. The number of rotatable bonds is 9. The number of thioether (sulfide) groups is 1. The standard InChI is InChI=1S/C16H30N4O2S/c1-13(2)12-20-15(19-6-9-21-10-7-19)17-18-16(20)23-11-5-8-22-14(3)4/h13-14H,5-12H2,1-4H3. The Morgan fingerprint density at radius 1 is 1.17 bits per heavy atom. The first-order valence-electron chi connectivity index (χ1n) is 8.58. The van der Waals surface area contributed by atoms with Gasteiger partial charge in [0.2, 0.25) is 5.95 Å². The molecule has 1 aliphatic rings. The van der Waals surface area contributed by atoms with Gasteiger partial charge in [-0.2, -0.15) is 0 Å². The number of aromatic nitrogens is 3. The Balaban J connectivity index is 1.96. The molecule has 0 unspecified atom stereocenters. The van der Waals surface area contributed by atoms with E-state index in [1.54, 1.807) is 11.8 Å². The number of hydrogen-bond donors (Lipinski definition) is 0. The highest BCUT2D eigenvalue weighted by molar-refractivity contribution is 7.99. The maximum absolute atomic E-state index is 5.60. The first kappa shape index (κ1) is 18.5. The largest absolute Gasteiger partial charge is 0.379 e. The molecule has 0 aromatic carbocycles. The van der Waals surface area contributed by atoms with Crippen LogP contribution in [0, 0.1) is 5.92 Å². The summed E-state index contributed by atoms with van der Waals surface area (Å²) in [6.07, 6.45) is 1.34. The van der Waals surface area contributed by atoms with Crippen LogP contribution in [0.4, 0.5) is 5.95 Å². The molecular weight excluding hydrogens is 312 g/mol. The summed E-state index contributed by atoms with van der Waals surface area (Å²) in [7, 11) is 0. The van der Waals surface area contributed by atoms with Crippen molar-refractivity contribution in [1.82, 2.24) is 14.8 Å². The molecule has 1 aromatic rings. The zero-order valence-electron chi connectivity index (χ0n) is 14.8. The van der Waals surface area contributed by atoms with Crippen molar-refractivity contribution < 1.29 is 9.47 Å². The molecule has 0 N–H and O–H groups in total. The van der Waals surface area contributed by atoms with Crippen LogP contribution in [-0.2, 0) is 16.0 Å². The van der Waals surface area contributed by atoms with Crippen molar-refractivity contribution in [3.05, 3.63) is 0 Å². The van der Waals surface area contributed by atoms with Gasteiger partial charge in [-0.1, -0.05) is 25.6 Å². The van der Waals surface area contributed by atoms with Gasteiger partial charge in [-0.3, -0.25) is 4.57 Å². The molecular formula is C16H30N4O2S. The van der Waals surface area contributed by atoms with Crippen molar-refractivity contribution in [2.75, 3.05) is 43.6 Å². The summed E-state index contributed by atoms with van der Waals surface area (Å²) >= 11 is 1.78. The summed E-state index contributed by atoms with van der Waals surface area (Å²) in [6, 6.07) is 0. The molecule has 7 heteroatoms. The smallest absolute Gasteiger partial charge is 0.228 e. The molecule has 0 saturated carbocycles. The van der Waals surface area contributed by atoms with Gasteiger partial charge < -0.3 is 14.4 Å². The van der Waals surface area contributed by atoms with E-state index in [9.17, 15) is 0 Å². The third kappa shape index (κ3) is 5.97. The summed E-state index contributed by atoms with van der Waals surface area (Å²) in [6.45, 7) is 13.7. The quantitative estimate of drug-likeness (QED) is 0.508. The van der Waals surface area contributed by atoms with Crippen LogP contribution in [0.3, 0.4) is 0 Å². The fraction of sp³-hybridized carbons (Fsp3) is 0.875. The molecule has 132 valence electrons. The molecule has 0 bridgehead atoms. The second-order valence-electron chi connectivity index (χ2n) is 6.51. The van der Waals surface area contributed by atoms with Gasteiger partial charge in [0.1, 0.15) is 0 Å². The fourth-order valence-electron chi connectivity index (χ4n) is 2.45. The molecule has 0 amide bonds. The van der Waals surface area contributed by atoms with E-state index in [0.29, 0.717) is 12.0 Å². The highest BCUT2D eigenvalue weighted by Gasteiger charge is 2.21. The lowest BCUT2D eigenvalue weighted by atomic mass is 10.2. The van der Waals surface area contributed by atoms with Crippen LogP contribution in [0.1, 0.15) is 34.1 Å². The summed E-state index contributed by atoms with van der Waals surface area (Å²) in [4.78, 5) is 2.28. The first-order chi connectivity index (χ1) is 11.1. The monoisotopic (exact) mass is 342 g/mol. The van der Waals surface area contributed by atoms with Gasteiger partial charge in [-0.05, 0) is 26.2 Å². The van der Waals surface area contributed by atoms with Crippen LogP contribution in [0.25, 0.3) is 0 Å². The van der Waals surface area contributed by atoms with Crippen molar-refractivity contribution in [1.29, 1.82) is 0 Å². The fourth-order valence-corrected chi connectivity index (χ4v) is 3.31. The maximum atomic E-state index is 5.60. The number of nitrogens with zero attached hydrogens (tertiary/aromatic N) is 4. The van der Waals surface area contributed by atoms with Crippen LogP contribution < -0.4 is 4.90 Å². The zero-order valence-corrected chi connectivity index (χ0v) is 15.6. The van der Waals surface area contributed by atoms with Crippen LogP contribution in [0.5, 0.6) is 0 Å². The Hall–Kier alpha value is -0.790. The SMILES string of the molecule is CC(C)Cn1c(SCCCOC(C)C)nnc1N1CCOCC1. The molecule has 0 aliphatic carbocycles. The minimum absolute atomic E-state index is 0.303. The van der Waals surface area contributed by atoms with Crippen molar-refractivity contribution in [2.45, 2.75) is 51.9 Å². The molecule has 0 radical (unpaired) electrons. The zero-order chi connectivity index (χ0) is 16.7. The lowest BCUT2D eigenvalue weighted by Crippen LogP contribution is -2.38. The highest BCUT2D eigenvalue weighted by atomic mass is 32.2. The summed E-state index contributed by atoms with van der Waals surface area (Å²) in [5, 5.41) is 9.90. The van der Waals surface area contributed by atoms with Gasteiger partial charge in [0.05, 0.1) is 19.3 Å². The maximum Gasteiger partial charge on any atom is 0.228 e. The number of ether oxygens (including phenoxy) is 2. The Labute approximate surface area is 143 Å². The lowest BCUT2D eigenvalue weighted by Gasteiger charge is -2.28. The summed E-state index contributed by atoms with van der Waals surface area (Å²) in [5.41, 5.74) is 0. The van der Waals surface area contributed by atoms with Crippen LogP contribution in [0.15, 0.2) is 5.16 Å². The summed E-state index contributed by atoms with van der Waals surface area (Å²) in [5.74, 6) is 2.56. The van der Waals surface area contributed by atoms with E-state index in [1.807, 2.05) is 0 Å². The Bertz CT molecular complexity index is 459. The molecule has 23 heavy (non-hydrogen) atoms. The average molecular weight is 343 g/mol. The predicted molar refractivity (Wildman–Crippen MR) is 94.3 cm³/mol. The van der Waals surface area contributed by atoms with Crippen LogP contribution in [-0.4, -0.2) is 59.5 Å². The van der Waals surface area contributed by atoms with E-state index in [2.05, 4.69) is 47.4 Å². The molecule has 1 fully saturated rings. The number of morpholine rings is 1. The first-order valence-corrected chi connectivity index (χ1v) is 9.56. The Morgan fingerprint density at radius 3 is 2.57 bits per heavy atom. The van der Waals surface area contributed by atoms with Crippen molar-refractivity contribution >= 4 is 17.7 Å². The van der Waals surface area contributed by atoms with Crippen molar-refractivity contribution in [2.24, 2.45) is 5.92 Å². The van der Waals surface area contributed by atoms with Gasteiger partial charge in [0.25, 0.3) is 0 Å². The van der Waals surface area contributed by atoms with Crippen molar-refractivity contribution in [3.8, 4) is 0 Å². The second-order valence-corrected chi connectivity index (χ2v) is 7.57. The Kier molecular flexibility index (Phi) is 7.65. The van der Waals surface area contributed by atoms with E-state index in [4.69, 9.17) is 9.47 Å². The summed E-state index contributed by atoms with van der Waals surface area (Å²) < 4.78 is 13.3. The van der Waals surface area contributed by atoms with E-state index in [0.717, 1.165) is 62.7 Å². The second kappa shape index (κ2) is 9.49. The van der Waals surface area contributed by atoms with Gasteiger partial charge >= 0.3 is 0 Å². The van der Waals surface area contributed by atoms with Gasteiger partial charge in [-0.25, -0.2) is 0 Å². The van der Waals surface area contributed by atoms with E-state index >= 15 is 0 Å². The molecule has 0 atom stereocenters. The normalized spacial score (nSPS) is 15.8. The predicted octanol–water partition coefficient (Wildman–Crippen LogP) is 2.68. The van der Waals surface area contributed by atoms with E-state index in [-0.39, 0.29) is 0 Å². The number of hydrogen-bond acceptors (Lipinski definition) is 6. The molecule has 1 aromatic heterocycles. The average Bonchev–Trinajstić information content (AvgIpc) is 2.89. The minimum Gasteiger partial charge on any atom is -0.379 e.